The summed E-state index contributed by atoms with van der Waals surface area (Å²) >= 11 is 0. The van der Waals surface area contributed by atoms with Gasteiger partial charge in [0.1, 0.15) is 6.10 Å². The zero-order valence-electron chi connectivity index (χ0n) is 21.8. The van der Waals surface area contributed by atoms with Gasteiger partial charge in [-0.05, 0) is 100 Å². The van der Waals surface area contributed by atoms with Gasteiger partial charge < -0.3 is 4.74 Å². The van der Waals surface area contributed by atoms with Gasteiger partial charge in [0.25, 0.3) is 0 Å². The third kappa shape index (κ3) is 9.67. The number of nitrogens with zero attached hydrogens (tertiary/aromatic N) is 1. The molecule has 0 aromatic heterocycles. The summed E-state index contributed by atoms with van der Waals surface area (Å²) in [5, 5.41) is 8.49. The number of allylic oxidation sites excluding steroid dienone is 4. The number of unbranched alkanes of at least 4 members (excludes halogenated alkanes) is 3. The van der Waals surface area contributed by atoms with Crippen molar-refractivity contribution in [1.29, 1.82) is 5.26 Å². The molecule has 3 nitrogen and oxygen atoms in total. The van der Waals surface area contributed by atoms with Crippen LogP contribution < -0.4 is 0 Å². The Bertz CT molecular complexity index is 831. The molecule has 0 amide bonds. The second-order valence-corrected chi connectivity index (χ2v) is 10.7. The standard InChI is InChI=1S/C32H45NO2/c1-2-3-4-8-11-26-13-17-28(18-14-26)29-21-23-31(24-22-29)35-32(34)30-19-15-27(16-20-30)12-9-6-5-7-10-25-33/h5-7,10,13-14,17-18,27,29-31H,2-4,8-9,11-12,15-16,19-24H2,1H3/t27-,29-,30-,31-. The molecule has 2 aliphatic rings. The number of aryl methyl sites for hydroxylation is 1. The number of nitriles is 1. The van der Waals surface area contributed by atoms with Crippen LogP contribution in [0.15, 0.2) is 48.6 Å². The molecular formula is C32H45NO2. The maximum absolute atomic E-state index is 12.8. The van der Waals surface area contributed by atoms with Crippen molar-refractivity contribution in [2.24, 2.45) is 11.8 Å². The van der Waals surface area contributed by atoms with Crippen LogP contribution in [-0.2, 0) is 16.0 Å². The van der Waals surface area contributed by atoms with Gasteiger partial charge in [0.2, 0.25) is 0 Å². The number of benzene rings is 1. The fraction of sp³-hybridized carbons (Fsp3) is 0.625. The minimum atomic E-state index is 0.0564. The normalized spacial score (nSPS) is 25.0. The van der Waals surface area contributed by atoms with E-state index in [2.05, 4.69) is 37.3 Å². The minimum Gasteiger partial charge on any atom is -0.462 e. The van der Waals surface area contributed by atoms with Crippen LogP contribution in [0.25, 0.3) is 0 Å². The van der Waals surface area contributed by atoms with Gasteiger partial charge in [-0.15, -0.1) is 0 Å². The van der Waals surface area contributed by atoms with Crippen LogP contribution in [0.1, 0.15) is 114 Å². The fourth-order valence-electron chi connectivity index (χ4n) is 5.78. The van der Waals surface area contributed by atoms with Gasteiger partial charge in [0.05, 0.1) is 12.0 Å². The van der Waals surface area contributed by atoms with Crippen LogP contribution in [0.4, 0.5) is 0 Å². The van der Waals surface area contributed by atoms with Crippen molar-refractivity contribution in [3.05, 3.63) is 59.7 Å². The molecule has 1 aromatic carbocycles. The lowest BCUT2D eigenvalue weighted by atomic mass is 9.79. The minimum absolute atomic E-state index is 0.0564. The summed E-state index contributed by atoms with van der Waals surface area (Å²) in [6, 6.07) is 11.3. The van der Waals surface area contributed by atoms with Crippen molar-refractivity contribution in [2.45, 2.75) is 115 Å². The van der Waals surface area contributed by atoms with E-state index in [1.54, 1.807) is 6.08 Å². The van der Waals surface area contributed by atoms with Crippen molar-refractivity contribution < 1.29 is 9.53 Å². The van der Waals surface area contributed by atoms with Crippen LogP contribution >= 0.6 is 0 Å². The molecule has 0 N–H and O–H groups in total. The number of carbonyl (C=O) groups is 1. The Morgan fingerprint density at radius 1 is 0.971 bits per heavy atom. The fourth-order valence-corrected chi connectivity index (χ4v) is 5.78. The first kappa shape index (κ1) is 27.3. The summed E-state index contributed by atoms with van der Waals surface area (Å²) in [4.78, 5) is 12.8. The molecule has 0 spiro atoms. The number of ether oxygens (including phenoxy) is 1. The summed E-state index contributed by atoms with van der Waals surface area (Å²) in [6.07, 6.45) is 24.6. The summed E-state index contributed by atoms with van der Waals surface area (Å²) in [5.41, 5.74) is 2.92. The first-order valence-electron chi connectivity index (χ1n) is 14.2. The molecule has 0 bridgehead atoms. The van der Waals surface area contributed by atoms with Gasteiger partial charge in [0.15, 0.2) is 0 Å². The van der Waals surface area contributed by atoms with E-state index in [0.29, 0.717) is 11.8 Å². The van der Waals surface area contributed by atoms with Crippen molar-refractivity contribution >= 4 is 5.97 Å². The van der Waals surface area contributed by atoms with E-state index in [-0.39, 0.29) is 18.0 Å². The zero-order chi connectivity index (χ0) is 24.7. The van der Waals surface area contributed by atoms with Crippen LogP contribution in [-0.4, -0.2) is 12.1 Å². The Kier molecular flexibility index (Phi) is 12.2. The predicted molar refractivity (Wildman–Crippen MR) is 144 cm³/mol. The number of carbonyl (C=O) groups excluding carboxylic acids is 1. The van der Waals surface area contributed by atoms with Crippen molar-refractivity contribution in [3.8, 4) is 6.07 Å². The lowest BCUT2D eigenvalue weighted by molar-refractivity contribution is -0.157. The van der Waals surface area contributed by atoms with Crippen molar-refractivity contribution in [1.82, 2.24) is 0 Å². The van der Waals surface area contributed by atoms with Gasteiger partial charge in [-0.25, -0.2) is 0 Å². The quantitative estimate of drug-likeness (QED) is 0.132. The highest BCUT2D eigenvalue weighted by atomic mass is 16.5. The molecule has 0 saturated heterocycles. The van der Waals surface area contributed by atoms with Crippen molar-refractivity contribution in [2.75, 3.05) is 0 Å². The Hall–Kier alpha value is -2.34. The van der Waals surface area contributed by atoms with E-state index in [9.17, 15) is 4.79 Å². The lowest BCUT2D eigenvalue weighted by Crippen LogP contribution is -2.29. The van der Waals surface area contributed by atoms with Crippen LogP contribution in [0, 0.1) is 23.2 Å². The summed E-state index contributed by atoms with van der Waals surface area (Å²) < 4.78 is 5.99. The number of hydrogen-bond donors (Lipinski definition) is 0. The maximum Gasteiger partial charge on any atom is 0.309 e. The monoisotopic (exact) mass is 475 g/mol. The largest absolute Gasteiger partial charge is 0.462 e. The molecule has 2 aliphatic carbocycles. The molecule has 3 rings (SSSR count). The molecule has 190 valence electrons. The molecule has 0 heterocycles. The molecule has 35 heavy (non-hydrogen) atoms. The third-order valence-electron chi connectivity index (χ3n) is 8.07. The molecule has 0 atom stereocenters. The van der Waals surface area contributed by atoms with E-state index in [1.165, 1.54) is 55.7 Å². The summed E-state index contributed by atoms with van der Waals surface area (Å²) in [7, 11) is 0. The number of esters is 1. The van der Waals surface area contributed by atoms with E-state index in [0.717, 1.165) is 57.8 Å². The molecule has 2 saturated carbocycles. The second-order valence-electron chi connectivity index (χ2n) is 10.7. The maximum atomic E-state index is 12.8. The SMILES string of the molecule is CCCCCCc1ccc([C@H]2CC[C@H](OC(=O)[C@H]3CC[C@H](CCC=CC=CC#N)CC3)CC2)cc1. The molecule has 0 aliphatic heterocycles. The molecular weight excluding hydrogens is 430 g/mol. The highest BCUT2D eigenvalue weighted by Gasteiger charge is 2.30. The Morgan fingerprint density at radius 2 is 1.71 bits per heavy atom. The topological polar surface area (TPSA) is 50.1 Å². The van der Waals surface area contributed by atoms with E-state index < -0.39 is 0 Å². The Morgan fingerprint density at radius 3 is 2.40 bits per heavy atom. The number of hydrogen-bond acceptors (Lipinski definition) is 3. The van der Waals surface area contributed by atoms with Gasteiger partial charge in [0, 0.05) is 6.08 Å². The molecule has 0 unspecified atom stereocenters. The molecule has 0 radical (unpaired) electrons. The second kappa shape index (κ2) is 15.6. The predicted octanol–water partition coefficient (Wildman–Crippen LogP) is 8.60. The molecule has 1 aromatic rings. The van der Waals surface area contributed by atoms with Gasteiger partial charge in [-0.1, -0.05) is 68.7 Å². The highest BCUT2D eigenvalue weighted by Crippen LogP contribution is 2.36. The van der Waals surface area contributed by atoms with Gasteiger partial charge in [-0.3, -0.25) is 4.79 Å². The van der Waals surface area contributed by atoms with Crippen molar-refractivity contribution in [3.63, 3.8) is 0 Å². The van der Waals surface area contributed by atoms with E-state index >= 15 is 0 Å². The van der Waals surface area contributed by atoms with Gasteiger partial charge in [-0.2, -0.15) is 5.26 Å². The first-order chi connectivity index (χ1) is 17.2. The van der Waals surface area contributed by atoms with Crippen LogP contribution in [0.5, 0.6) is 0 Å². The zero-order valence-corrected chi connectivity index (χ0v) is 21.8. The highest BCUT2D eigenvalue weighted by molar-refractivity contribution is 5.72. The smallest absolute Gasteiger partial charge is 0.309 e. The molecule has 2 fully saturated rings. The average molecular weight is 476 g/mol. The summed E-state index contributed by atoms with van der Waals surface area (Å²) in [6.45, 7) is 2.26. The average Bonchev–Trinajstić information content (AvgIpc) is 2.90. The molecule has 3 heteroatoms. The third-order valence-corrected chi connectivity index (χ3v) is 8.07. The van der Waals surface area contributed by atoms with Crippen LogP contribution in [0.2, 0.25) is 0 Å². The lowest BCUT2D eigenvalue weighted by Gasteiger charge is -2.31. The Balaban J connectivity index is 1.31. The number of rotatable bonds is 12. The van der Waals surface area contributed by atoms with Gasteiger partial charge >= 0.3 is 5.97 Å². The Labute approximate surface area is 213 Å². The van der Waals surface area contributed by atoms with E-state index in [4.69, 9.17) is 10.00 Å². The summed E-state index contributed by atoms with van der Waals surface area (Å²) in [5.74, 6) is 1.48. The first-order valence-corrected chi connectivity index (χ1v) is 14.2. The van der Waals surface area contributed by atoms with Crippen LogP contribution in [0.3, 0.4) is 0 Å². The van der Waals surface area contributed by atoms with E-state index in [1.807, 2.05) is 12.1 Å².